The van der Waals surface area contributed by atoms with Crippen LogP contribution >= 0.6 is 11.6 Å². The molecule has 1 aromatic carbocycles. The van der Waals surface area contributed by atoms with Gasteiger partial charge in [0, 0.05) is 5.02 Å². The molecule has 0 bridgehead atoms. The highest BCUT2D eigenvalue weighted by molar-refractivity contribution is 6.30. The predicted octanol–water partition coefficient (Wildman–Crippen LogP) is 3.63. The van der Waals surface area contributed by atoms with Gasteiger partial charge in [0.15, 0.2) is 0 Å². The summed E-state index contributed by atoms with van der Waals surface area (Å²) in [5.41, 5.74) is 1.03. The third-order valence-corrected chi connectivity index (χ3v) is 2.75. The number of hydrogen-bond donors (Lipinski definition) is 1. The molecule has 1 rings (SSSR count). The first-order chi connectivity index (χ1) is 7.49. The average Bonchev–Trinajstić information content (AvgIpc) is 2.19. The van der Waals surface area contributed by atoms with Crippen LogP contribution in [0.5, 0.6) is 0 Å². The van der Waals surface area contributed by atoms with Gasteiger partial charge in [0.25, 0.3) is 0 Å². The first-order valence-electron chi connectivity index (χ1n) is 5.46. The highest BCUT2D eigenvalue weighted by Crippen LogP contribution is 2.19. The SMILES string of the molecule is CC(C)CC(Cc1ccc(Cl)cc1)C(=O)O. The zero-order valence-electron chi connectivity index (χ0n) is 9.61. The molecule has 1 atom stereocenters. The maximum atomic E-state index is 11.1. The van der Waals surface area contributed by atoms with E-state index in [-0.39, 0.29) is 5.92 Å². The molecule has 1 aromatic rings. The van der Waals surface area contributed by atoms with Crippen LogP contribution in [0.15, 0.2) is 24.3 Å². The van der Waals surface area contributed by atoms with Gasteiger partial charge in [0.2, 0.25) is 0 Å². The summed E-state index contributed by atoms with van der Waals surface area (Å²) < 4.78 is 0. The number of aliphatic carboxylic acids is 1. The number of carboxylic acid groups (broad SMARTS) is 1. The first kappa shape index (κ1) is 13.0. The fourth-order valence-corrected chi connectivity index (χ4v) is 1.87. The maximum absolute atomic E-state index is 11.1. The molecule has 0 amide bonds. The summed E-state index contributed by atoms with van der Waals surface area (Å²) in [5.74, 6) is -0.627. The molecule has 0 aliphatic heterocycles. The van der Waals surface area contributed by atoms with Gasteiger partial charge in [-0.2, -0.15) is 0 Å². The molecule has 2 nitrogen and oxygen atoms in total. The summed E-state index contributed by atoms with van der Waals surface area (Å²) in [6, 6.07) is 7.37. The zero-order valence-corrected chi connectivity index (χ0v) is 10.4. The number of halogens is 1. The van der Waals surface area contributed by atoms with Gasteiger partial charge in [-0.25, -0.2) is 0 Å². The molecule has 0 radical (unpaired) electrons. The van der Waals surface area contributed by atoms with Crippen LogP contribution in [0, 0.1) is 11.8 Å². The van der Waals surface area contributed by atoms with Crippen LogP contribution in [0.4, 0.5) is 0 Å². The van der Waals surface area contributed by atoms with Crippen molar-refractivity contribution in [1.29, 1.82) is 0 Å². The van der Waals surface area contributed by atoms with Gasteiger partial charge in [0.05, 0.1) is 5.92 Å². The van der Waals surface area contributed by atoms with E-state index in [2.05, 4.69) is 0 Å². The van der Waals surface area contributed by atoms with Gasteiger partial charge < -0.3 is 5.11 Å². The van der Waals surface area contributed by atoms with E-state index in [1.165, 1.54) is 0 Å². The minimum Gasteiger partial charge on any atom is -0.481 e. The normalized spacial score (nSPS) is 12.8. The van der Waals surface area contributed by atoms with Crippen molar-refractivity contribution in [3.8, 4) is 0 Å². The van der Waals surface area contributed by atoms with Crippen LogP contribution in [-0.2, 0) is 11.2 Å². The second-order valence-corrected chi connectivity index (χ2v) is 4.93. The zero-order chi connectivity index (χ0) is 12.1. The van der Waals surface area contributed by atoms with E-state index in [9.17, 15) is 4.79 Å². The van der Waals surface area contributed by atoms with Crippen LogP contribution in [0.3, 0.4) is 0 Å². The molecule has 0 saturated carbocycles. The van der Waals surface area contributed by atoms with Crippen molar-refractivity contribution in [3.05, 3.63) is 34.9 Å². The van der Waals surface area contributed by atoms with E-state index >= 15 is 0 Å². The summed E-state index contributed by atoms with van der Waals surface area (Å²) in [4.78, 5) is 11.1. The molecule has 3 heteroatoms. The Morgan fingerprint density at radius 2 is 1.88 bits per heavy atom. The summed E-state index contributed by atoms with van der Waals surface area (Å²) >= 11 is 5.78. The van der Waals surface area contributed by atoms with Crippen molar-refractivity contribution < 1.29 is 9.90 Å². The maximum Gasteiger partial charge on any atom is 0.306 e. The van der Waals surface area contributed by atoms with Gasteiger partial charge in [0.1, 0.15) is 0 Å². The Bertz CT molecular complexity index is 343. The summed E-state index contributed by atoms with van der Waals surface area (Å²) in [6.45, 7) is 4.08. The molecular formula is C13H17ClO2. The minimum atomic E-state index is -0.719. The second kappa shape index (κ2) is 5.90. The monoisotopic (exact) mass is 240 g/mol. The van der Waals surface area contributed by atoms with Crippen LogP contribution in [0.2, 0.25) is 5.02 Å². The average molecular weight is 241 g/mol. The van der Waals surface area contributed by atoms with Crippen molar-refractivity contribution in [1.82, 2.24) is 0 Å². The van der Waals surface area contributed by atoms with E-state index in [1.807, 2.05) is 26.0 Å². The third kappa shape index (κ3) is 4.23. The second-order valence-electron chi connectivity index (χ2n) is 4.50. The van der Waals surface area contributed by atoms with E-state index in [0.29, 0.717) is 23.8 Å². The largest absolute Gasteiger partial charge is 0.481 e. The first-order valence-corrected chi connectivity index (χ1v) is 5.84. The molecule has 16 heavy (non-hydrogen) atoms. The predicted molar refractivity (Wildman–Crippen MR) is 65.7 cm³/mol. The van der Waals surface area contributed by atoms with E-state index < -0.39 is 5.97 Å². The quantitative estimate of drug-likeness (QED) is 0.853. The highest BCUT2D eigenvalue weighted by atomic mass is 35.5. The molecule has 0 spiro atoms. The Hall–Kier alpha value is -1.02. The Morgan fingerprint density at radius 3 is 2.31 bits per heavy atom. The van der Waals surface area contributed by atoms with Gasteiger partial charge in [-0.3, -0.25) is 4.79 Å². The highest BCUT2D eigenvalue weighted by Gasteiger charge is 2.19. The molecule has 88 valence electrons. The van der Waals surface area contributed by atoms with E-state index in [0.717, 1.165) is 5.56 Å². The standard InChI is InChI=1S/C13H17ClO2/c1-9(2)7-11(13(15)16)8-10-3-5-12(14)6-4-10/h3-6,9,11H,7-8H2,1-2H3,(H,15,16). The van der Waals surface area contributed by atoms with Crippen molar-refractivity contribution in [3.63, 3.8) is 0 Å². The Kier molecular flexibility index (Phi) is 4.81. The van der Waals surface area contributed by atoms with Crippen molar-refractivity contribution >= 4 is 17.6 Å². The molecule has 0 saturated heterocycles. The summed E-state index contributed by atoms with van der Waals surface area (Å²) in [6.07, 6.45) is 1.28. The molecule has 0 heterocycles. The molecule has 1 N–H and O–H groups in total. The molecule has 1 unspecified atom stereocenters. The topological polar surface area (TPSA) is 37.3 Å². The van der Waals surface area contributed by atoms with Crippen LogP contribution in [0.1, 0.15) is 25.8 Å². The van der Waals surface area contributed by atoms with Gasteiger partial charge >= 0.3 is 5.97 Å². The lowest BCUT2D eigenvalue weighted by molar-refractivity contribution is -0.142. The molecule has 0 aromatic heterocycles. The summed E-state index contributed by atoms with van der Waals surface area (Å²) in [5, 5.41) is 9.79. The number of hydrogen-bond acceptors (Lipinski definition) is 1. The van der Waals surface area contributed by atoms with E-state index in [4.69, 9.17) is 16.7 Å². The number of carboxylic acids is 1. The fraction of sp³-hybridized carbons (Fsp3) is 0.462. The van der Waals surface area contributed by atoms with Crippen LogP contribution in [0.25, 0.3) is 0 Å². The summed E-state index contributed by atoms with van der Waals surface area (Å²) in [7, 11) is 0. The Balaban J connectivity index is 2.68. The molecule has 0 aliphatic rings. The van der Waals surface area contributed by atoms with Gasteiger partial charge in [-0.1, -0.05) is 37.6 Å². The smallest absolute Gasteiger partial charge is 0.306 e. The van der Waals surface area contributed by atoms with Crippen LogP contribution in [-0.4, -0.2) is 11.1 Å². The number of benzene rings is 1. The molecule has 0 fully saturated rings. The minimum absolute atomic E-state index is 0.304. The van der Waals surface area contributed by atoms with Crippen molar-refractivity contribution in [2.75, 3.05) is 0 Å². The molecule has 0 aliphatic carbocycles. The number of rotatable bonds is 5. The third-order valence-electron chi connectivity index (χ3n) is 2.50. The van der Waals surface area contributed by atoms with Crippen molar-refractivity contribution in [2.24, 2.45) is 11.8 Å². The number of carbonyl (C=O) groups is 1. The van der Waals surface area contributed by atoms with Gasteiger partial charge in [-0.05, 0) is 36.5 Å². The Labute approximate surface area is 101 Å². The van der Waals surface area contributed by atoms with Crippen molar-refractivity contribution in [2.45, 2.75) is 26.7 Å². The molecular weight excluding hydrogens is 224 g/mol. The Morgan fingerprint density at radius 1 is 1.31 bits per heavy atom. The van der Waals surface area contributed by atoms with Crippen LogP contribution < -0.4 is 0 Å². The lowest BCUT2D eigenvalue weighted by Gasteiger charge is -2.14. The lowest BCUT2D eigenvalue weighted by atomic mass is 9.91. The van der Waals surface area contributed by atoms with Gasteiger partial charge in [-0.15, -0.1) is 0 Å². The fourth-order valence-electron chi connectivity index (χ4n) is 1.75. The lowest BCUT2D eigenvalue weighted by Crippen LogP contribution is -2.18. The van der Waals surface area contributed by atoms with E-state index in [1.54, 1.807) is 12.1 Å².